The Morgan fingerprint density at radius 1 is 0.939 bits per heavy atom. The Bertz CT molecular complexity index is 1240. The third-order valence-electron chi connectivity index (χ3n) is 5.13. The van der Waals surface area contributed by atoms with Gasteiger partial charge in [0.2, 0.25) is 0 Å². The molecule has 8 heteroatoms. The quantitative estimate of drug-likeness (QED) is 0.318. The third kappa shape index (κ3) is 6.58. The first-order chi connectivity index (χ1) is 15.7. The van der Waals surface area contributed by atoms with Gasteiger partial charge in [0.1, 0.15) is 5.75 Å². The van der Waals surface area contributed by atoms with Crippen LogP contribution in [0, 0.1) is 13.8 Å². The predicted octanol–water partition coefficient (Wildman–Crippen LogP) is 6.30. The van der Waals surface area contributed by atoms with Crippen molar-refractivity contribution in [3.63, 3.8) is 0 Å². The fourth-order valence-electron chi connectivity index (χ4n) is 3.03. The average Bonchev–Trinajstić information content (AvgIpc) is 2.77. The van der Waals surface area contributed by atoms with Crippen LogP contribution in [0.2, 0.25) is 0 Å². The zero-order valence-corrected chi connectivity index (χ0v) is 21.2. The van der Waals surface area contributed by atoms with Gasteiger partial charge in [-0.2, -0.15) is 0 Å². The summed E-state index contributed by atoms with van der Waals surface area (Å²) in [5.74, 6) is 0.380. The molecule has 0 spiro atoms. The molecule has 0 heterocycles. The van der Waals surface area contributed by atoms with Gasteiger partial charge in [-0.05, 0) is 102 Å². The number of unbranched alkanes of at least 4 members (excludes halogenated alkanes) is 1. The number of hydrogen-bond donors (Lipinski definition) is 2. The molecule has 0 aliphatic rings. The Balaban J connectivity index is 1.66. The minimum absolute atomic E-state index is 0.107. The summed E-state index contributed by atoms with van der Waals surface area (Å²) in [5.41, 5.74) is 3.54. The van der Waals surface area contributed by atoms with E-state index >= 15 is 0 Å². The van der Waals surface area contributed by atoms with E-state index in [1.165, 1.54) is 12.1 Å². The molecule has 0 aliphatic heterocycles. The molecule has 174 valence electrons. The van der Waals surface area contributed by atoms with Crippen molar-refractivity contribution in [1.82, 2.24) is 0 Å². The van der Waals surface area contributed by atoms with Crippen LogP contribution in [-0.2, 0) is 10.0 Å². The van der Waals surface area contributed by atoms with E-state index in [1.54, 1.807) is 42.5 Å². The van der Waals surface area contributed by atoms with Crippen molar-refractivity contribution in [2.24, 2.45) is 0 Å². The highest BCUT2D eigenvalue weighted by Crippen LogP contribution is 2.27. The topological polar surface area (TPSA) is 84.5 Å². The summed E-state index contributed by atoms with van der Waals surface area (Å²) in [6.07, 6.45) is 2.00. The van der Waals surface area contributed by atoms with Crippen LogP contribution in [0.25, 0.3) is 0 Å². The number of nitrogens with one attached hydrogen (secondary N) is 2. The molecule has 3 rings (SSSR count). The van der Waals surface area contributed by atoms with Gasteiger partial charge in [-0.15, -0.1) is 0 Å². The maximum atomic E-state index is 12.7. The number of amides is 1. The molecule has 0 radical (unpaired) electrons. The number of benzene rings is 3. The molecule has 0 atom stereocenters. The summed E-state index contributed by atoms with van der Waals surface area (Å²) in [4.78, 5) is 12.7. The molecule has 0 bridgehead atoms. The van der Waals surface area contributed by atoms with Crippen LogP contribution < -0.4 is 14.8 Å². The van der Waals surface area contributed by atoms with Crippen LogP contribution in [-0.4, -0.2) is 20.9 Å². The number of halogens is 1. The minimum atomic E-state index is -3.74. The molecule has 3 aromatic carbocycles. The summed E-state index contributed by atoms with van der Waals surface area (Å²) in [7, 11) is -3.74. The normalized spacial score (nSPS) is 11.2. The highest BCUT2D eigenvalue weighted by Gasteiger charge is 2.15. The molecular formula is C25H27BrN2O4S. The molecule has 0 fully saturated rings. The lowest BCUT2D eigenvalue weighted by Gasteiger charge is -2.11. The number of ether oxygens (including phenoxy) is 1. The lowest BCUT2D eigenvalue weighted by atomic mass is 10.1. The number of anilines is 2. The standard InChI is InChI=1S/C25H27BrN2O4S/c1-4-5-14-32-24-13-7-19(16-23(24)26)25(29)27-20-9-11-22(12-10-20)33(30,31)28-21-8-6-17(2)18(3)15-21/h6-13,15-16,28H,4-5,14H2,1-3H3,(H,27,29). The molecule has 6 nitrogen and oxygen atoms in total. The van der Waals surface area contributed by atoms with Crippen molar-refractivity contribution in [1.29, 1.82) is 0 Å². The highest BCUT2D eigenvalue weighted by atomic mass is 79.9. The second-order valence-corrected chi connectivity index (χ2v) is 10.3. The van der Waals surface area contributed by atoms with Crippen LogP contribution >= 0.6 is 15.9 Å². The Labute approximate surface area is 203 Å². The van der Waals surface area contributed by atoms with Crippen LogP contribution in [0.3, 0.4) is 0 Å². The minimum Gasteiger partial charge on any atom is -0.492 e. The number of aryl methyl sites for hydroxylation is 2. The van der Waals surface area contributed by atoms with E-state index in [9.17, 15) is 13.2 Å². The lowest BCUT2D eigenvalue weighted by molar-refractivity contribution is 0.102. The van der Waals surface area contributed by atoms with Crippen molar-refractivity contribution in [3.05, 3.63) is 81.8 Å². The lowest BCUT2D eigenvalue weighted by Crippen LogP contribution is -2.14. The number of carbonyl (C=O) groups excluding carboxylic acids is 1. The smallest absolute Gasteiger partial charge is 0.261 e. The molecule has 2 N–H and O–H groups in total. The van der Waals surface area contributed by atoms with Gasteiger partial charge in [0, 0.05) is 16.9 Å². The second-order valence-electron chi connectivity index (χ2n) is 7.73. The van der Waals surface area contributed by atoms with E-state index in [0.29, 0.717) is 33.8 Å². The van der Waals surface area contributed by atoms with Gasteiger partial charge >= 0.3 is 0 Å². The fraction of sp³-hybridized carbons (Fsp3) is 0.240. The Kier molecular flexibility index (Phi) is 8.15. The summed E-state index contributed by atoms with van der Waals surface area (Å²) < 4.78 is 34.4. The molecule has 33 heavy (non-hydrogen) atoms. The highest BCUT2D eigenvalue weighted by molar-refractivity contribution is 9.10. The largest absolute Gasteiger partial charge is 0.492 e. The zero-order chi connectivity index (χ0) is 24.0. The fourth-order valence-corrected chi connectivity index (χ4v) is 4.57. The van der Waals surface area contributed by atoms with Crippen molar-refractivity contribution in [3.8, 4) is 5.75 Å². The molecule has 0 unspecified atom stereocenters. The van der Waals surface area contributed by atoms with Gasteiger partial charge in [-0.3, -0.25) is 9.52 Å². The van der Waals surface area contributed by atoms with Crippen LogP contribution in [0.1, 0.15) is 41.3 Å². The molecule has 0 aromatic heterocycles. The Morgan fingerprint density at radius 2 is 1.64 bits per heavy atom. The first-order valence-electron chi connectivity index (χ1n) is 10.6. The van der Waals surface area contributed by atoms with E-state index in [0.717, 1.165) is 24.0 Å². The SMILES string of the molecule is CCCCOc1ccc(C(=O)Nc2ccc(S(=O)(=O)Nc3ccc(C)c(C)c3)cc2)cc1Br. The van der Waals surface area contributed by atoms with E-state index in [4.69, 9.17) is 4.74 Å². The van der Waals surface area contributed by atoms with Crippen molar-refractivity contribution in [2.45, 2.75) is 38.5 Å². The second kappa shape index (κ2) is 10.9. The summed E-state index contributed by atoms with van der Waals surface area (Å²) in [5, 5.41) is 2.78. The van der Waals surface area contributed by atoms with E-state index < -0.39 is 10.0 Å². The molecule has 0 saturated carbocycles. The maximum Gasteiger partial charge on any atom is 0.261 e. The van der Waals surface area contributed by atoms with Crippen LogP contribution in [0.15, 0.2) is 70.0 Å². The van der Waals surface area contributed by atoms with Gasteiger partial charge < -0.3 is 10.1 Å². The average molecular weight is 531 g/mol. The van der Waals surface area contributed by atoms with Crippen molar-refractivity contribution < 1.29 is 17.9 Å². The van der Waals surface area contributed by atoms with E-state index in [1.807, 2.05) is 19.9 Å². The Morgan fingerprint density at radius 3 is 2.27 bits per heavy atom. The van der Waals surface area contributed by atoms with Gasteiger partial charge in [-0.25, -0.2) is 8.42 Å². The molecule has 0 aliphatic carbocycles. The maximum absolute atomic E-state index is 12.7. The third-order valence-corrected chi connectivity index (χ3v) is 7.15. The summed E-state index contributed by atoms with van der Waals surface area (Å²) >= 11 is 3.44. The number of carbonyl (C=O) groups is 1. The summed E-state index contributed by atoms with van der Waals surface area (Å²) in [6.45, 7) is 6.61. The zero-order valence-electron chi connectivity index (χ0n) is 18.8. The Hall–Kier alpha value is -2.84. The predicted molar refractivity (Wildman–Crippen MR) is 136 cm³/mol. The number of hydrogen-bond acceptors (Lipinski definition) is 4. The molecular weight excluding hydrogens is 504 g/mol. The van der Waals surface area contributed by atoms with E-state index in [2.05, 4.69) is 32.9 Å². The molecule has 1 amide bonds. The van der Waals surface area contributed by atoms with Gasteiger partial charge in [-0.1, -0.05) is 19.4 Å². The molecule has 3 aromatic rings. The van der Waals surface area contributed by atoms with Crippen molar-refractivity contribution >= 4 is 43.2 Å². The van der Waals surface area contributed by atoms with Gasteiger partial charge in [0.15, 0.2) is 0 Å². The van der Waals surface area contributed by atoms with Crippen LogP contribution in [0.4, 0.5) is 11.4 Å². The van der Waals surface area contributed by atoms with Gasteiger partial charge in [0.05, 0.1) is 16.0 Å². The monoisotopic (exact) mass is 530 g/mol. The van der Waals surface area contributed by atoms with Gasteiger partial charge in [0.25, 0.3) is 15.9 Å². The van der Waals surface area contributed by atoms with E-state index in [-0.39, 0.29) is 10.8 Å². The first-order valence-corrected chi connectivity index (χ1v) is 12.9. The van der Waals surface area contributed by atoms with Crippen LogP contribution in [0.5, 0.6) is 5.75 Å². The number of sulfonamides is 1. The molecule has 0 saturated heterocycles. The number of rotatable bonds is 9. The first kappa shape index (κ1) is 24.8. The summed E-state index contributed by atoms with van der Waals surface area (Å²) in [6, 6.07) is 16.6. The van der Waals surface area contributed by atoms with Crippen molar-refractivity contribution in [2.75, 3.05) is 16.6 Å².